The number of rotatable bonds is 3. The maximum absolute atomic E-state index is 13.8. The van der Waals surface area contributed by atoms with E-state index in [0.29, 0.717) is 10.5 Å². The molecule has 0 radical (unpaired) electrons. The SMILES string of the molecule is CSc1ccc(O)c2c1[C@H](C)[C@@H]1C(=C2O)C(=O)[C@]2(O)C(O)=C(C(N)=O)C(=O)[C@@H](N(C)C)[C@@H]2[C@H]1O. The quantitative estimate of drug-likeness (QED) is 0.253. The van der Waals surface area contributed by atoms with E-state index in [1.54, 1.807) is 19.2 Å². The topological polar surface area (TPSA) is 182 Å². The van der Waals surface area contributed by atoms with E-state index in [1.807, 2.05) is 0 Å². The number of thioether (sulfide) groups is 1. The van der Waals surface area contributed by atoms with Crippen molar-refractivity contribution >= 4 is 35.0 Å². The number of amides is 1. The molecule has 1 aromatic rings. The molecule has 182 valence electrons. The summed E-state index contributed by atoms with van der Waals surface area (Å²) >= 11 is 1.35. The first-order valence-electron chi connectivity index (χ1n) is 10.5. The number of carbonyl (C=O) groups excluding carboxylic acids is 3. The first-order valence-corrected chi connectivity index (χ1v) is 11.8. The van der Waals surface area contributed by atoms with E-state index >= 15 is 0 Å². The molecule has 1 aromatic carbocycles. The summed E-state index contributed by atoms with van der Waals surface area (Å²) in [6, 6.07) is 1.64. The van der Waals surface area contributed by atoms with Gasteiger partial charge in [-0.15, -0.1) is 11.8 Å². The zero-order valence-corrected chi connectivity index (χ0v) is 19.8. The lowest BCUT2D eigenvalue weighted by Crippen LogP contribution is -2.70. The highest BCUT2D eigenvalue weighted by molar-refractivity contribution is 7.98. The van der Waals surface area contributed by atoms with Gasteiger partial charge in [-0.3, -0.25) is 19.3 Å². The second-order valence-corrected chi connectivity index (χ2v) is 9.97. The molecule has 0 aromatic heterocycles. The molecular weight excluding hydrogens is 464 g/mol. The van der Waals surface area contributed by atoms with Gasteiger partial charge in [0, 0.05) is 16.4 Å². The van der Waals surface area contributed by atoms with Gasteiger partial charge in [-0.25, -0.2) is 0 Å². The summed E-state index contributed by atoms with van der Waals surface area (Å²) < 4.78 is 0. The van der Waals surface area contributed by atoms with E-state index in [2.05, 4.69) is 0 Å². The summed E-state index contributed by atoms with van der Waals surface area (Å²) in [5.41, 5.74) is 1.55. The van der Waals surface area contributed by atoms with Crippen molar-refractivity contribution in [1.29, 1.82) is 0 Å². The number of primary amides is 1. The Balaban J connectivity index is 2.08. The third-order valence-corrected chi connectivity index (χ3v) is 8.08. The van der Waals surface area contributed by atoms with Gasteiger partial charge in [0.25, 0.3) is 5.91 Å². The van der Waals surface area contributed by atoms with E-state index in [-0.39, 0.29) is 11.3 Å². The van der Waals surface area contributed by atoms with E-state index in [1.165, 1.54) is 36.8 Å². The zero-order valence-electron chi connectivity index (χ0n) is 18.9. The second-order valence-electron chi connectivity index (χ2n) is 9.12. The molecule has 1 fully saturated rings. The average Bonchev–Trinajstić information content (AvgIpc) is 2.75. The van der Waals surface area contributed by atoms with Crippen LogP contribution in [0.2, 0.25) is 0 Å². The molecule has 3 aliphatic rings. The summed E-state index contributed by atoms with van der Waals surface area (Å²) in [6.45, 7) is 1.70. The van der Waals surface area contributed by atoms with Crippen LogP contribution < -0.4 is 5.73 Å². The number of nitrogens with zero attached hydrogens (tertiary/aromatic N) is 1. The van der Waals surface area contributed by atoms with Crippen LogP contribution in [-0.2, 0) is 14.4 Å². The van der Waals surface area contributed by atoms with Crippen molar-refractivity contribution in [1.82, 2.24) is 4.90 Å². The smallest absolute Gasteiger partial charge is 0.255 e. The van der Waals surface area contributed by atoms with Crippen LogP contribution in [0, 0.1) is 11.8 Å². The Bertz CT molecular complexity index is 1210. The first-order chi connectivity index (χ1) is 15.8. The number of Topliss-reactive ketones (excluding diaryl/α,β-unsaturated/α-hetero) is 2. The van der Waals surface area contributed by atoms with Gasteiger partial charge in [-0.05, 0) is 44.0 Å². The maximum atomic E-state index is 13.8. The minimum atomic E-state index is -2.91. The molecule has 0 unspecified atom stereocenters. The van der Waals surface area contributed by atoms with Gasteiger partial charge in [-0.1, -0.05) is 6.92 Å². The molecule has 3 aliphatic carbocycles. The number of aromatic hydroxyl groups is 1. The summed E-state index contributed by atoms with van der Waals surface area (Å²) in [6.07, 6.45) is 0.195. The van der Waals surface area contributed by atoms with Crippen molar-refractivity contribution in [2.24, 2.45) is 17.6 Å². The van der Waals surface area contributed by atoms with Crippen molar-refractivity contribution in [2.75, 3.05) is 20.4 Å². The standard InChI is InChI=1S/C23H26N2O8S/c1-7-10-9(34-4)6-5-8(26)12(10)17(27)13-11(7)18(28)15-16(25(2)3)19(29)14(22(24)32)21(31)23(15,33)20(13)30/h5-7,11,15-16,18,26-28,31,33H,1-4H3,(H2,24,32)/t7-,11+,15+,16-,18-,23-/m0/s1. The largest absolute Gasteiger partial charge is 0.508 e. The number of phenols is 1. The second kappa shape index (κ2) is 7.84. The van der Waals surface area contributed by atoms with Gasteiger partial charge in [0.15, 0.2) is 11.4 Å². The Morgan fingerprint density at radius 3 is 2.32 bits per heavy atom. The Morgan fingerprint density at radius 1 is 1.18 bits per heavy atom. The van der Waals surface area contributed by atoms with Crippen LogP contribution in [0.5, 0.6) is 5.75 Å². The first kappa shape index (κ1) is 24.3. The molecule has 34 heavy (non-hydrogen) atoms. The number of fused-ring (bicyclic) bond motifs is 3. The maximum Gasteiger partial charge on any atom is 0.255 e. The van der Waals surface area contributed by atoms with Crippen molar-refractivity contribution in [3.63, 3.8) is 0 Å². The molecule has 1 amide bonds. The number of ketones is 2. The number of hydrogen-bond donors (Lipinski definition) is 6. The number of phenolic OH excluding ortho intramolecular Hbond substituents is 1. The predicted octanol–water partition coefficient (Wildman–Crippen LogP) is 0.218. The molecule has 7 N–H and O–H groups in total. The Hall–Kier alpha value is -2.86. The van der Waals surface area contributed by atoms with Crippen LogP contribution in [0.25, 0.3) is 5.76 Å². The number of likely N-dealkylation sites (N-methyl/N-ethyl adjacent to an activating group) is 1. The van der Waals surface area contributed by atoms with Crippen LogP contribution in [0.15, 0.2) is 33.9 Å². The average molecular weight is 491 g/mol. The highest BCUT2D eigenvalue weighted by atomic mass is 32.2. The monoisotopic (exact) mass is 490 g/mol. The Kier molecular flexibility index (Phi) is 5.60. The molecule has 10 nitrogen and oxygen atoms in total. The number of aliphatic hydroxyl groups is 4. The Labute approximate surface area is 199 Å². The van der Waals surface area contributed by atoms with Crippen molar-refractivity contribution < 1.29 is 39.9 Å². The molecule has 0 heterocycles. The minimum absolute atomic E-state index is 0.0113. The lowest BCUT2D eigenvalue weighted by molar-refractivity contribution is -0.169. The third kappa shape index (κ3) is 2.84. The van der Waals surface area contributed by atoms with Gasteiger partial charge in [-0.2, -0.15) is 0 Å². The van der Waals surface area contributed by atoms with Gasteiger partial charge < -0.3 is 31.3 Å². The molecule has 6 atom stereocenters. The van der Waals surface area contributed by atoms with Crippen LogP contribution in [0.3, 0.4) is 0 Å². The number of aliphatic hydroxyl groups excluding tert-OH is 3. The molecule has 4 rings (SSSR count). The highest BCUT2D eigenvalue weighted by Crippen LogP contribution is 2.57. The van der Waals surface area contributed by atoms with Gasteiger partial charge in [0.2, 0.25) is 5.78 Å². The molecule has 0 bridgehead atoms. The lowest BCUT2D eigenvalue weighted by atomic mass is 9.54. The number of benzene rings is 1. The molecule has 1 saturated carbocycles. The van der Waals surface area contributed by atoms with Crippen molar-refractivity contribution in [3.8, 4) is 5.75 Å². The molecular formula is C23H26N2O8S. The van der Waals surface area contributed by atoms with E-state index < -0.39 is 75.6 Å². The summed E-state index contributed by atoms with van der Waals surface area (Å²) in [4.78, 5) is 41.0. The fraction of sp³-hybridized carbons (Fsp3) is 0.435. The molecule has 0 saturated heterocycles. The summed E-state index contributed by atoms with van der Waals surface area (Å²) in [5.74, 6) is -8.91. The summed E-state index contributed by atoms with van der Waals surface area (Å²) in [5, 5.41) is 55.6. The van der Waals surface area contributed by atoms with Gasteiger partial charge >= 0.3 is 0 Å². The molecule has 0 spiro atoms. The molecule has 0 aliphatic heterocycles. The van der Waals surface area contributed by atoms with Crippen molar-refractivity contribution in [3.05, 3.63) is 40.2 Å². The normalized spacial score (nSPS) is 33.1. The van der Waals surface area contributed by atoms with Crippen LogP contribution in [0.4, 0.5) is 0 Å². The number of hydrogen-bond acceptors (Lipinski definition) is 10. The van der Waals surface area contributed by atoms with Crippen molar-refractivity contribution in [2.45, 2.75) is 35.5 Å². The third-order valence-electron chi connectivity index (χ3n) is 7.29. The number of nitrogens with two attached hydrogens (primary N) is 1. The van der Waals surface area contributed by atoms with Crippen LogP contribution >= 0.6 is 11.8 Å². The summed E-state index contributed by atoms with van der Waals surface area (Å²) in [7, 11) is 2.93. The zero-order chi connectivity index (χ0) is 25.4. The number of carbonyl (C=O) groups is 3. The fourth-order valence-corrected chi connectivity index (χ4v) is 6.55. The van der Waals surface area contributed by atoms with E-state index in [4.69, 9.17) is 5.73 Å². The van der Waals surface area contributed by atoms with E-state index in [9.17, 15) is 39.9 Å². The van der Waals surface area contributed by atoms with E-state index in [0.717, 1.165) is 0 Å². The fourth-order valence-electron chi connectivity index (χ4n) is 5.84. The van der Waals surface area contributed by atoms with Gasteiger partial charge in [0.05, 0.1) is 23.6 Å². The minimum Gasteiger partial charge on any atom is -0.508 e. The Morgan fingerprint density at radius 2 is 1.79 bits per heavy atom. The lowest BCUT2D eigenvalue weighted by Gasteiger charge is -2.53. The van der Waals surface area contributed by atoms with Gasteiger partial charge in [0.1, 0.15) is 22.8 Å². The predicted molar refractivity (Wildman–Crippen MR) is 122 cm³/mol. The molecule has 11 heteroatoms. The van der Waals surface area contributed by atoms with Crippen LogP contribution in [0.1, 0.15) is 24.0 Å². The van der Waals surface area contributed by atoms with Crippen LogP contribution in [-0.4, -0.2) is 86.0 Å². The highest BCUT2D eigenvalue weighted by Gasteiger charge is 2.68.